The van der Waals surface area contributed by atoms with Gasteiger partial charge in [0.1, 0.15) is 5.75 Å². The van der Waals surface area contributed by atoms with Crippen LogP contribution in [0.2, 0.25) is 0 Å². The van der Waals surface area contributed by atoms with E-state index in [-0.39, 0.29) is 17.6 Å². The molecule has 1 aromatic carbocycles. The van der Waals surface area contributed by atoms with Gasteiger partial charge in [0.2, 0.25) is 10.1 Å². The molecule has 0 aliphatic carbocycles. The molecule has 0 spiro atoms. The summed E-state index contributed by atoms with van der Waals surface area (Å²) in [6.07, 6.45) is -1.44. The SMILES string of the molecule is CCOC(=O)C1CCCN(c2nn3cc(-c4cccc(OC(F)(F)F)c4)nc3s2)C1. The minimum absolute atomic E-state index is 0.179. The lowest BCUT2D eigenvalue weighted by Crippen LogP contribution is -2.39. The lowest BCUT2D eigenvalue weighted by atomic mass is 9.99. The van der Waals surface area contributed by atoms with Gasteiger partial charge in [0.05, 0.1) is 24.4 Å². The molecular formula is C19H19F3N4O3S. The average Bonchev–Trinajstić information content (AvgIpc) is 3.26. The number of nitrogens with zero attached hydrogens (tertiary/aromatic N) is 4. The van der Waals surface area contributed by atoms with Crippen LogP contribution in [-0.2, 0) is 9.53 Å². The molecule has 3 heterocycles. The zero-order valence-electron chi connectivity index (χ0n) is 16.1. The highest BCUT2D eigenvalue weighted by atomic mass is 32.1. The van der Waals surface area contributed by atoms with Gasteiger partial charge in [-0.25, -0.2) is 9.50 Å². The van der Waals surface area contributed by atoms with Crippen molar-refractivity contribution in [2.75, 3.05) is 24.6 Å². The van der Waals surface area contributed by atoms with Crippen molar-refractivity contribution < 1.29 is 27.4 Å². The van der Waals surface area contributed by atoms with Crippen molar-refractivity contribution in [1.29, 1.82) is 0 Å². The second-order valence-corrected chi connectivity index (χ2v) is 7.79. The smallest absolute Gasteiger partial charge is 0.466 e. The molecule has 0 amide bonds. The van der Waals surface area contributed by atoms with E-state index in [1.165, 1.54) is 29.5 Å². The predicted octanol–water partition coefficient (Wildman–Crippen LogP) is 4.14. The van der Waals surface area contributed by atoms with Crippen LogP contribution in [0.15, 0.2) is 30.5 Å². The third kappa shape index (κ3) is 4.50. The first-order valence-electron chi connectivity index (χ1n) is 9.46. The van der Waals surface area contributed by atoms with Crippen LogP contribution < -0.4 is 9.64 Å². The van der Waals surface area contributed by atoms with E-state index < -0.39 is 6.36 Å². The number of benzene rings is 1. The quantitative estimate of drug-likeness (QED) is 0.556. The topological polar surface area (TPSA) is 69.0 Å². The molecule has 30 heavy (non-hydrogen) atoms. The van der Waals surface area contributed by atoms with E-state index in [2.05, 4.69) is 14.8 Å². The molecule has 1 unspecified atom stereocenters. The van der Waals surface area contributed by atoms with Gasteiger partial charge in [0, 0.05) is 18.7 Å². The summed E-state index contributed by atoms with van der Waals surface area (Å²) in [6, 6.07) is 5.66. The molecule has 7 nitrogen and oxygen atoms in total. The number of esters is 1. The first-order chi connectivity index (χ1) is 14.3. The molecule has 160 valence electrons. The molecule has 1 aliphatic heterocycles. The van der Waals surface area contributed by atoms with Gasteiger partial charge < -0.3 is 14.4 Å². The molecule has 1 fully saturated rings. The fourth-order valence-electron chi connectivity index (χ4n) is 3.41. The summed E-state index contributed by atoms with van der Waals surface area (Å²) in [5.74, 6) is -0.669. The van der Waals surface area contributed by atoms with Crippen LogP contribution in [0.1, 0.15) is 19.8 Å². The highest BCUT2D eigenvalue weighted by molar-refractivity contribution is 7.20. The van der Waals surface area contributed by atoms with Crippen LogP contribution >= 0.6 is 11.3 Å². The van der Waals surface area contributed by atoms with Gasteiger partial charge in [-0.2, -0.15) is 0 Å². The van der Waals surface area contributed by atoms with Gasteiger partial charge in [-0.05, 0) is 31.9 Å². The molecule has 0 N–H and O–H groups in total. The Morgan fingerprint density at radius 3 is 2.93 bits per heavy atom. The monoisotopic (exact) mass is 440 g/mol. The summed E-state index contributed by atoms with van der Waals surface area (Å²) >= 11 is 1.36. The van der Waals surface area contributed by atoms with Gasteiger partial charge in [-0.1, -0.05) is 23.5 Å². The van der Waals surface area contributed by atoms with Crippen LogP contribution in [-0.4, -0.2) is 46.6 Å². The van der Waals surface area contributed by atoms with E-state index in [1.807, 2.05) is 4.90 Å². The maximum atomic E-state index is 12.5. The lowest BCUT2D eigenvalue weighted by Gasteiger charge is -2.30. The molecule has 3 aromatic rings. The van der Waals surface area contributed by atoms with Crippen molar-refractivity contribution in [2.45, 2.75) is 26.1 Å². The Bertz CT molecular complexity index is 1020. The number of rotatable bonds is 5. The minimum Gasteiger partial charge on any atom is -0.466 e. The highest BCUT2D eigenvalue weighted by Gasteiger charge is 2.31. The fraction of sp³-hybridized carbons (Fsp3) is 0.421. The molecule has 1 saturated heterocycles. The van der Waals surface area contributed by atoms with Gasteiger partial charge in [-0.3, -0.25) is 4.79 Å². The van der Waals surface area contributed by atoms with Crippen molar-refractivity contribution in [3.63, 3.8) is 0 Å². The molecule has 0 radical (unpaired) electrons. The maximum Gasteiger partial charge on any atom is 0.573 e. The first kappa shape index (κ1) is 20.5. The van der Waals surface area contributed by atoms with E-state index in [9.17, 15) is 18.0 Å². The van der Waals surface area contributed by atoms with Crippen LogP contribution in [0, 0.1) is 5.92 Å². The van der Waals surface area contributed by atoms with Crippen LogP contribution in [0.5, 0.6) is 5.75 Å². The summed E-state index contributed by atoms with van der Waals surface area (Å²) in [6.45, 7) is 3.48. The Morgan fingerprint density at radius 1 is 1.37 bits per heavy atom. The van der Waals surface area contributed by atoms with Crippen molar-refractivity contribution >= 4 is 27.4 Å². The molecule has 11 heteroatoms. The van der Waals surface area contributed by atoms with Gasteiger partial charge in [0.15, 0.2) is 0 Å². The number of carbonyl (C=O) groups is 1. The van der Waals surface area contributed by atoms with Crippen molar-refractivity contribution in [1.82, 2.24) is 14.6 Å². The molecule has 0 bridgehead atoms. The number of aromatic nitrogens is 3. The van der Waals surface area contributed by atoms with E-state index in [0.717, 1.165) is 24.5 Å². The highest BCUT2D eigenvalue weighted by Crippen LogP contribution is 2.31. The number of hydrogen-bond donors (Lipinski definition) is 0. The second kappa shape index (κ2) is 8.13. The first-order valence-corrected chi connectivity index (χ1v) is 10.3. The van der Waals surface area contributed by atoms with Gasteiger partial charge >= 0.3 is 12.3 Å². The van der Waals surface area contributed by atoms with E-state index >= 15 is 0 Å². The molecule has 2 aromatic heterocycles. The van der Waals surface area contributed by atoms with E-state index in [0.29, 0.717) is 29.4 Å². The molecule has 1 aliphatic rings. The predicted molar refractivity (Wildman–Crippen MR) is 105 cm³/mol. The zero-order chi connectivity index (χ0) is 21.3. The van der Waals surface area contributed by atoms with Crippen LogP contribution in [0.4, 0.5) is 18.3 Å². The number of hydrogen-bond acceptors (Lipinski definition) is 7. The summed E-state index contributed by atoms with van der Waals surface area (Å²) in [5, 5.41) is 5.28. The number of alkyl halides is 3. The number of fused-ring (bicyclic) bond motifs is 1. The third-order valence-corrected chi connectivity index (χ3v) is 5.69. The molecular weight excluding hydrogens is 421 g/mol. The van der Waals surface area contributed by atoms with Gasteiger partial charge in [0.25, 0.3) is 0 Å². The Labute approximate surface area is 174 Å². The number of halogens is 3. The summed E-state index contributed by atoms with van der Waals surface area (Å²) in [7, 11) is 0. The standard InChI is InChI=1S/C19H19F3N4O3S/c1-2-28-16(27)13-6-4-8-25(10-13)18-24-26-11-15(23-17(26)30-18)12-5-3-7-14(9-12)29-19(20,21)22/h3,5,7,9,11,13H,2,4,6,8,10H2,1H3. The Balaban J connectivity index is 1.52. The number of imidazole rings is 1. The summed E-state index contributed by atoms with van der Waals surface area (Å²) < 4.78 is 48.1. The van der Waals surface area contributed by atoms with Crippen LogP contribution in [0.3, 0.4) is 0 Å². The second-order valence-electron chi connectivity index (χ2n) is 6.85. The Morgan fingerprint density at radius 2 is 2.20 bits per heavy atom. The summed E-state index contributed by atoms with van der Waals surface area (Å²) in [5.41, 5.74) is 0.993. The van der Waals surface area contributed by atoms with Crippen LogP contribution in [0.25, 0.3) is 16.2 Å². The number of ether oxygens (including phenoxy) is 2. The summed E-state index contributed by atoms with van der Waals surface area (Å²) in [4.78, 5) is 19.2. The zero-order valence-corrected chi connectivity index (χ0v) is 16.9. The Hall–Kier alpha value is -2.82. The maximum absolute atomic E-state index is 12.5. The number of carbonyl (C=O) groups excluding carboxylic acids is 1. The fourth-order valence-corrected chi connectivity index (χ4v) is 4.33. The average molecular weight is 440 g/mol. The molecule has 0 saturated carbocycles. The third-order valence-electron chi connectivity index (χ3n) is 4.71. The largest absolute Gasteiger partial charge is 0.573 e. The molecule has 1 atom stereocenters. The Kier molecular flexibility index (Phi) is 5.54. The molecule has 4 rings (SSSR count). The van der Waals surface area contributed by atoms with Crippen molar-refractivity contribution in [2.24, 2.45) is 5.92 Å². The van der Waals surface area contributed by atoms with E-state index in [1.54, 1.807) is 23.7 Å². The van der Waals surface area contributed by atoms with E-state index in [4.69, 9.17) is 4.74 Å². The van der Waals surface area contributed by atoms with Gasteiger partial charge in [-0.15, -0.1) is 18.3 Å². The minimum atomic E-state index is -4.75. The normalized spacial score (nSPS) is 17.3. The number of piperidine rings is 1. The van der Waals surface area contributed by atoms with Crippen molar-refractivity contribution in [3.05, 3.63) is 30.5 Å². The number of anilines is 1. The van der Waals surface area contributed by atoms with Crippen molar-refractivity contribution in [3.8, 4) is 17.0 Å². The lowest BCUT2D eigenvalue weighted by molar-refractivity contribution is -0.274.